The number of hydrogen-bond acceptors (Lipinski definition) is 4. The van der Waals surface area contributed by atoms with Crippen LogP contribution in [0.25, 0.3) is 0 Å². The van der Waals surface area contributed by atoms with Crippen molar-refractivity contribution in [2.45, 2.75) is 17.9 Å². The zero-order valence-corrected chi connectivity index (χ0v) is 8.85. The van der Waals surface area contributed by atoms with E-state index in [1.54, 1.807) is 0 Å². The van der Waals surface area contributed by atoms with Crippen LogP contribution in [0.3, 0.4) is 0 Å². The number of pyridine rings is 1. The summed E-state index contributed by atoms with van der Waals surface area (Å²) in [5, 5.41) is 8.44. The van der Waals surface area contributed by atoms with Crippen LogP contribution in [0.1, 0.15) is 11.8 Å². The highest BCUT2D eigenvalue weighted by Crippen LogP contribution is 2.51. The highest BCUT2D eigenvalue weighted by molar-refractivity contribution is 5.58. The van der Waals surface area contributed by atoms with Crippen molar-refractivity contribution < 1.29 is 32.5 Å². The molecule has 2 heterocycles. The van der Waals surface area contributed by atoms with Crippen molar-refractivity contribution in [2.75, 3.05) is 6.61 Å². The van der Waals surface area contributed by atoms with Gasteiger partial charge in [0.15, 0.2) is 6.10 Å². The molecule has 0 aromatic carbocycles. The normalized spacial score (nSPS) is 27.4. The topological polar surface area (TPSA) is 68.7 Å². The predicted molar refractivity (Wildman–Crippen MR) is 50.8 cm³/mol. The Balaban J connectivity index is 2.35. The molecule has 2 rings (SSSR count). The van der Waals surface area contributed by atoms with Crippen molar-refractivity contribution in [2.24, 2.45) is 0 Å². The summed E-state index contributed by atoms with van der Waals surface area (Å²) in [6.07, 6.45) is -7.16. The van der Waals surface area contributed by atoms with E-state index in [0.29, 0.717) is 0 Å². The van der Waals surface area contributed by atoms with Gasteiger partial charge in [-0.15, -0.1) is 0 Å². The minimum atomic E-state index is -4.87. The Morgan fingerprint density at radius 3 is 2.67 bits per heavy atom. The van der Waals surface area contributed by atoms with Gasteiger partial charge in [-0.25, -0.2) is 4.79 Å². The molecule has 1 aromatic rings. The highest BCUT2D eigenvalue weighted by Gasteiger charge is 2.70. The van der Waals surface area contributed by atoms with Gasteiger partial charge in [0.2, 0.25) is 0 Å². The Labute approximate surface area is 99.1 Å². The third kappa shape index (κ3) is 1.88. The third-order valence-corrected chi connectivity index (χ3v) is 2.59. The molecule has 1 aliphatic heterocycles. The first-order valence-corrected chi connectivity index (χ1v) is 4.88. The summed E-state index contributed by atoms with van der Waals surface area (Å²) in [6.45, 7) is -0.871. The average Bonchev–Trinajstić information content (AvgIpc) is 2.24. The maximum Gasteiger partial charge on any atom is 0.506 e. The Hall–Kier alpha value is -1.83. The van der Waals surface area contributed by atoms with Gasteiger partial charge in [0.1, 0.15) is 6.61 Å². The van der Waals surface area contributed by atoms with E-state index in [1.807, 2.05) is 0 Å². The van der Waals surface area contributed by atoms with Gasteiger partial charge >= 0.3 is 12.3 Å². The van der Waals surface area contributed by atoms with Gasteiger partial charge in [-0.2, -0.15) is 13.2 Å². The molecular formula is C10H8F3NO4. The van der Waals surface area contributed by atoms with Gasteiger partial charge < -0.3 is 14.6 Å². The molecule has 0 bridgehead atoms. The van der Waals surface area contributed by atoms with Gasteiger partial charge in [-0.1, -0.05) is 6.07 Å². The number of carbonyl (C=O) groups is 1. The highest BCUT2D eigenvalue weighted by atomic mass is 19.4. The monoisotopic (exact) mass is 263 g/mol. The number of halogens is 3. The molecule has 1 N–H and O–H groups in total. The molecule has 0 spiro atoms. The lowest BCUT2D eigenvalue weighted by Gasteiger charge is -2.47. The smallest absolute Gasteiger partial charge is 0.450 e. The second-order valence-electron chi connectivity index (χ2n) is 3.70. The number of rotatable bonds is 2. The number of ether oxygens (including phenoxy) is 2. The van der Waals surface area contributed by atoms with E-state index in [2.05, 4.69) is 9.72 Å². The summed E-state index contributed by atoms with van der Waals surface area (Å²) in [5.74, 6) is 0. The number of aromatic nitrogens is 1. The Bertz CT molecular complexity index is 450. The fourth-order valence-electron chi connectivity index (χ4n) is 1.70. The molecule has 1 aliphatic rings. The zero-order chi connectivity index (χ0) is 13.4. The van der Waals surface area contributed by atoms with E-state index in [4.69, 9.17) is 9.84 Å². The molecule has 18 heavy (non-hydrogen) atoms. The molecule has 98 valence electrons. The molecule has 0 aliphatic carbocycles. The lowest BCUT2D eigenvalue weighted by Crippen LogP contribution is -2.64. The first kappa shape index (κ1) is 12.6. The van der Waals surface area contributed by atoms with E-state index in [0.717, 1.165) is 0 Å². The standard InChI is InChI=1S/C10H8F3NO4/c11-10(12,13)9(18-8(15)16)5-17-7(9)6-3-1-2-4-14-6/h1-4,7H,5H2,(H,15,16). The molecule has 5 nitrogen and oxygen atoms in total. The summed E-state index contributed by atoms with van der Waals surface area (Å²) in [4.78, 5) is 14.2. The van der Waals surface area contributed by atoms with Crippen LogP contribution >= 0.6 is 0 Å². The Morgan fingerprint density at radius 2 is 2.28 bits per heavy atom. The van der Waals surface area contributed by atoms with Crippen molar-refractivity contribution >= 4 is 6.16 Å². The van der Waals surface area contributed by atoms with Crippen LogP contribution in [0.5, 0.6) is 0 Å². The molecule has 8 heteroatoms. The summed E-state index contributed by atoms with van der Waals surface area (Å²) in [6, 6.07) is 4.32. The van der Waals surface area contributed by atoms with Crippen molar-refractivity contribution in [1.29, 1.82) is 0 Å². The molecule has 2 unspecified atom stereocenters. The van der Waals surface area contributed by atoms with E-state index in [-0.39, 0.29) is 5.69 Å². The molecule has 0 radical (unpaired) electrons. The van der Waals surface area contributed by atoms with Crippen LogP contribution in [-0.2, 0) is 9.47 Å². The van der Waals surface area contributed by atoms with Gasteiger partial charge in [0.25, 0.3) is 5.60 Å². The first-order valence-electron chi connectivity index (χ1n) is 4.88. The van der Waals surface area contributed by atoms with Crippen LogP contribution < -0.4 is 0 Å². The van der Waals surface area contributed by atoms with E-state index < -0.39 is 30.6 Å². The van der Waals surface area contributed by atoms with Crippen LogP contribution in [0.15, 0.2) is 24.4 Å². The average molecular weight is 263 g/mol. The molecule has 1 saturated heterocycles. The quantitative estimate of drug-likeness (QED) is 0.828. The first-order chi connectivity index (χ1) is 8.37. The van der Waals surface area contributed by atoms with Gasteiger partial charge in [-0.3, -0.25) is 4.98 Å². The number of hydrogen-bond donors (Lipinski definition) is 1. The molecule has 0 saturated carbocycles. The third-order valence-electron chi connectivity index (χ3n) is 2.59. The van der Waals surface area contributed by atoms with Crippen molar-refractivity contribution in [3.05, 3.63) is 30.1 Å². The largest absolute Gasteiger partial charge is 0.506 e. The van der Waals surface area contributed by atoms with Crippen LogP contribution in [-0.4, -0.2) is 34.6 Å². The molecular weight excluding hydrogens is 255 g/mol. The molecule has 1 aromatic heterocycles. The number of alkyl halides is 3. The summed E-state index contributed by atoms with van der Waals surface area (Å²) >= 11 is 0. The summed E-state index contributed by atoms with van der Waals surface area (Å²) in [7, 11) is 0. The minimum Gasteiger partial charge on any atom is -0.450 e. The van der Waals surface area contributed by atoms with Crippen molar-refractivity contribution in [1.82, 2.24) is 4.98 Å². The van der Waals surface area contributed by atoms with Gasteiger partial charge in [0, 0.05) is 6.20 Å². The molecule has 2 atom stereocenters. The van der Waals surface area contributed by atoms with Crippen LogP contribution in [0.4, 0.5) is 18.0 Å². The van der Waals surface area contributed by atoms with Crippen LogP contribution in [0.2, 0.25) is 0 Å². The molecule has 0 amide bonds. The second-order valence-corrected chi connectivity index (χ2v) is 3.70. The van der Waals surface area contributed by atoms with Crippen LogP contribution in [0, 0.1) is 0 Å². The minimum absolute atomic E-state index is 0.0256. The predicted octanol–water partition coefficient (Wildman–Crippen LogP) is 2.15. The lowest BCUT2D eigenvalue weighted by atomic mass is 9.88. The van der Waals surface area contributed by atoms with E-state index >= 15 is 0 Å². The van der Waals surface area contributed by atoms with Crippen molar-refractivity contribution in [3.8, 4) is 0 Å². The summed E-state index contributed by atoms with van der Waals surface area (Å²) < 4.78 is 47.7. The van der Waals surface area contributed by atoms with E-state index in [9.17, 15) is 18.0 Å². The maximum absolute atomic E-state index is 13.0. The van der Waals surface area contributed by atoms with Crippen molar-refractivity contribution in [3.63, 3.8) is 0 Å². The maximum atomic E-state index is 13.0. The Kier molecular flexibility index (Phi) is 2.89. The zero-order valence-electron chi connectivity index (χ0n) is 8.85. The number of carboxylic acid groups (broad SMARTS) is 1. The second kappa shape index (κ2) is 4.13. The Morgan fingerprint density at radius 1 is 1.56 bits per heavy atom. The summed E-state index contributed by atoms with van der Waals surface area (Å²) in [5.41, 5.74) is -2.91. The number of nitrogens with zero attached hydrogens (tertiary/aromatic N) is 1. The lowest BCUT2D eigenvalue weighted by molar-refractivity contribution is -0.369. The van der Waals surface area contributed by atoms with Gasteiger partial charge in [0.05, 0.1) is 5.69 Å². The SMILES string of the molecule is O=C(O)OC1(C(F)(F)F)COC1c1ccccn1. The fourth-order valence-corrected chi connectivity index (χ4v) is 1.70. The fraction of sp³-hybridized carbons (Fsp3) is 0.400. The van der Waals surface area contributed by atoms with E-state index in [1.165, 1.54) is 24.4 Å². The van der Waals surface area contributed by atoms with Gasteiger partial charge in [-0.05, 0) is 12.1 Å². The molecule has 1 fully saturated rings.